The maximum atomic E-state index is 14.8. The summed E-state index contributed by atoms with van der Waals surface area (Å²) in [5.74, 6) is -0.421. The minimum absolute atomic E-state index is 0.0147. The summed E-state index contributed by atoms with van der Waals surface area (Å²) in [4.78, 5) is 22.0. The quantitative estimate of drug-likeness (QED) is 0.410. The van der Waals surface area contributed by atoms with E-state index in [4.69, 9.17) is 21.1 Å². The Morgan fingerprint density at radius 3 is 2.60 bits per heavy atom. The van der Waals surface area contributed by atoms with Gasteiger partial charge in [0.05, 0.1) is 40.8 Å². The van der Waals surface area contributed by atoms with Crippen molar-refractivity contribution in [2.45, 2.75) is 20.8 Å². The van der Waals surface area contributed by atoms with E-state index in [-0.39, 0.29) is 22.9 Å². The standard InChI is InChI=1S/C26H30ClFN4O3/c1-4-31-10-12-32(13-11-31)22-14-17-21(15-23(22)34-5-2)29-16-18(26(33)35-6-3)25(17)30-20-9-7-8-19(27)24(20)28/h7-9,14-16H,4-6,10-13H2,1-3H3,(H,29,30). The van der Waals surface area contributed by atoms with Gasteiger partial charge in [-0.25, -0.2) is 9.18 Å². The number of anilines is 3. The maximum absolute atomic E-state index is 14.8. The number of hydrogen-bond donors (Lipinski definition) is 1. The molecule has 1 N–H and O–H groups in total. The molecule has 2 heterocycles. The zero-order chi connectivity index (χ0) is 24.9. The number of carbonyl (C=O) groups is 1. The number of carbonyl (C=O) groups excluding carboxylic acids is 1. The molecule has 0 bridgehead atoms. The summed E-state index contributed by atoms with van der Waals surface area (Å²) in [6.45, 7) is 11.1. The number of benzene rings is 2. The Hall–Kier alpha value is -3.10. The Morgan fingerprint density at radius 2 is 1.91 bits per heavy atom. The van der Waals surface area contributed by atoms with Gasteiger partial charge in [0.25, 0.3) is 0 Å². The lowest BCUT2D eigenvalue weighted by Crippen LogP contribution is -2.46. The normalized spacial score (nSPS) is 14.3. The van der Waals surface area contributed by atoms with Crippen molar-refractivity contribution < 1.29 is 18.7 Å². The van der Waals surface area contributed by atoms with Crippen LogP contribution in [-0.4, -0.2) is 61.8 Å². The third kappa shape index (κ3) is 5.28. The molecule has 35 heavy (non-hydrogen) atoms. The van der Waals surface area contributed by atoms with Crippen molar-refractivity contribution in [2.75, 3.05) is 56.2 Å². The van der Waals surface area contributed by atoms with E-state index in [1.807, 2.05) is 19.1 Å². The largest absolute Gasteiger partial charge is 0.492 e. The lowest BCUT2D eigenvalue weighted by Gasteiger charge is -2.36. The van der Waals surface area contributed by atoms with Gasteiger partial charge >= 0.3 is 5.97 Å². The number of piperazine rings is 1. The van der Waals surface area contributed by atoms with Gasteiger partial charge in [0.1, 0.15) is 11.3 Å². The second-order valence-corrected chi connectivity index (χ2v) is 8.59. The van der Waals surface area contributed by atoms with Gasteiger partial charge in [0, 0.05) is 43.8 Å². The molecule has 1 aromatic heterocycles. The van der Waals surface area contributed by atoms with Gasteiger partial charge in [-0.2, -0.15) is 0 Å². The molecule has 0 atom stereocenters. The van der Waals surface area contributed by atoms with Crippen LogP contribution in [-0.2, 0) is 4.74 Å². The average molecular weight is 501 g/mol. The van der Waals surface area contributed by atoms with Gasteiger partial charge in [-0.1, -0.05) is 24.6 Å². The van der Waals surface area contributed by atoms with Crippen molar-refractivity contribution in [2.24, 2.45) is 0 Å². The van der Waals surface area contributed by atoms with Crippen molar-refractivity contribution in [3.05, 3.63) is 52.9 Å². The summed E-state index contributed by atoms with van der Waals surface area (Å²) in [5, 5.41) is 3.74. The molecule has 0 spiro atoms. The molecule has 7 nitrogen and oxygen atoms in total. The van der Waals surface area contributed by atoms with E-state index >= 15 is 0 Å². The summed E-state index contributed by atoms with van der Waals surface area (Å²) in [6.07, 6.45) is 1.44. The van der Waals surface area contributed by atoms with Crippen LogP contribution >= 0.6 is 11.6 Å². The van der Waals surface area contributed by atoms with E-state index in [0.717, 1.165) is 44.2 Å². The summed E-state index contributed by atoms with van der Waals surface area (Å²) in [7, 11) is 0. The third-order valence-electron chi connectivity index (χ3n) is 6.12. The molecule has 3 aromatic rings. The number of fused-ring (bicyclic) bond motifs is 1. The molecule has 1 saturated heterocycles. The van der Waals surface area contributed by atoms with Crippen LogP contribution in [0, 0.1) is 5.82 Å². The van der Waals surface area contributed by atoms with Crippen LogP contribution in [0.25, 0.3) is 10.9 Å². The molecular formula is C26H30ClFN4O3. The van der Waals surface area contributed by atoms with Gasteiger partial charge in [-0.05, 0) is 38.6 Å². The number of pyridine rings is 1. The van der Waals surface area contributed by atoms with Gasteiger partial charge in [0.2, 0.25) is 0 Å². The Morgan fingerprint density at radius 1 is 1.14 bits per heavy atom. The number of halogens is 2. The molecule has 0 unspecified atom stereocenters. The number of aromatic nitrogens is 1. The molecule has 2 aromatic carbocycles. The van der Waals surface area contributed by atoms with E-state index in [0.29, 0.717) is 23.2 Å². The zero-order valence-electron chi connectivity index (χ0n) is 20.2. The number of likely N-dealkylation sites (N-methyl/N-ethyl adjacent to an activating group) is 1. The van der Waals surface area contributed by atoms with Crippen LogP contribution in [0.1, 0.15) is 31.1 Å². The highest BCUT2D eigenvalue weighted by Gasteiger charge is 2.24. The molecule has 1 fully saturated rings. The molecule has 0 aliphatic carbocycles. The van der Waals surface area contributed by atoms with E-state index in [2.05, 4.69) is 27.0 Å². The van der Waals surface area contributed by atoms with Gasteiger partial charge < -0.3 is 24.6 Å². The first-order valence-corrected chi connectivity index (χ1v) is 12.3. The van der Waals surface area contributed by atoms with Crippen molar-refractivity contribution in [3.8, 4) is 5.75 Å². The first-order chi connectivity index (χ1) is 17.0. The highest BCUT2D eigenvalue weighted by molar-refractivity contribution is 6.31. The van der Waals surface area contributed by atoms with Gasteiger partial charge in [-0.15, -0.1) is 0 Å². The van der Waals surface area contributed by atoms with E-state index in [1.165, 1.54) is 12.3 Å². The smallest absolute Gasteiger partial charge is 0.341 e. The number of nitrogens with zero attached hydrogens (tertiary/aromatic N) is 3. The average Bonchev–Trinajstić information content (AvgIpc) is 2.87. The molecule has 9 heteroatoms. The Balaban J connectivity index is 1.88. The highest BCUT2D eigenvalue weighted by Crippen LogP contribution is 2.39. The van der Waals surface area contributed by atoms with Crippen LogP contribution in [0.5, 0.6) is 5.75 Å². The molecule has 0 saturated carbocycles. The van der Waals surface area contributed by atoms with E-state index < -0.39 is 11.8 Å². The molecule has 186 valence electrons. The Bertz CT molecular complexity index is 1210. The number of hydrogen-bond acceptors (Lipinski definition) is 7. The van der Waals surface area contributed by atoms with E-state index in [9.17, 15) is 9.18 Å². The molecule has 1 aliphatic heterocycles. The predicted molar refractivity (Wildman–Crippen MR) is 138 cm³/mol. The van der Waals surface area contributed by atoms with Crippen LogP contribution < -0.4 is 15.0 Å². The van der Waals surface area contributed by atoms with Crippen LogP contribution in [0.15, 0.2) is 36.5 Å². The second-order valence-electron chi connectivity index (χ2n) is 8.19. The predicted octanol–water partition coefficient (Wildman–Crippen LogP) is 5.49. The minimum atomic E-state index is -0.601. The number of ether oxygens (including phenoxy) is 2. The fraction of sp³-hybridized carbons (Fsp3) is 0.385. The van der Waals surface area contributed by atoms with Crippen molar-refractivity contribution >= 4 is 45.5 Å². The van der Waals surface area contributed by atoms with Crippen molar-refractivity contribution in [3.63, 3.8) is 0 Å². The van der Waals surface area contributed by atoms with Crippen molar-refractivity contribution in [1.82, 2.24) is 9.88 Å². The summed E-state index contributed by atoms with van der Waals surface area (Å²) in [5.41, 5.74) is 2.30. The van der Waals surface area contributed by atoms with Gasteiger partial charge in [0.15, 0.2) is 5.82 Å². The van der Waals surface area contributed by atoms with Gasteiger partial charge in [-0.3, -0.25) is 4.98 Å². The number of rotatable bonds is 8. The highest BCUT2D eigenvalue weighted by atomic mass is 35.5. The van der Waals surface area contributed by atoms with Crippen LogP contribution in [0.3, 0.4) is 0 Å². The second kappa shape index (κ2) is 11.1. The fourth-order valence-electron chi connectivity index (χ4n) is 4.26. The minimum Gasteiger partial charge on any atom is -0.492 e. The summed E-state index contributed by atoms with van der Waals surface area (Å²) >= 11 is 6.01. The molecule has 0 radical (unpaired) electrons. The number of esters is 1. The maximum Gasteiger partial charge on any atom is 0.341 e. The first kappa shape index (κ1) is 25.0. The number of nitrogens with one attached hydrogen (secondary N) is 1. The summed E-state index contributed by atoms with van der Waals surface area (Å²) < 4.78 is 26.1. The molecular weight excluding hydrogens is 471 g/mol. The SMILES string of the molecule is CCOC(=O)c1cnc2cc(OCC)c(N3CCN(CC)CC3)cc2c1Nc1cccc(Cl)c1F. The monoisotopic (exact) mass is 500 g/mol. The Labute approximate surface area is 209 Å². The summed E-state index contributed by atoms with van der Waals surface area (Å²) in [6, 6.07) is 8.52. The lowest BCUT2D eigenvalue weighted by molar-refractivity contribution is 0.0527. The fourth-order valence-corrected chi connectivity index (χ4v) is 4.44. The van der Waals surface area contributed by atoms with E-state index in [1.54, 1.807) is 19.1 Å². The lowest BCUT2D eigenvalue weighted by atomic mass is 10.1. The molecule has 1 aliphatic rings. The zero-order valence-corrected chi connectivity index (χ0v) is 21.0. The third-order valence-corrected chi connectivity index (χ3v) is 6.41. The topological polar surface area (TPSA) is 66.9 Å². The molecule has 0 amide bonds. The van der Waals surface area contributed by atoms with Crippen molar-refractivity contribution in [1.29, 1.82) is 0 Å². The van der Waals surface area contributed by atoms with Crippen LogP contribution in [0.2, 0.25) is 5.02 Å². The first-order valence-electron chi connectivity index (χ1n) is 11.9. The molecule has 4 rings (SSSR count). The van der Waals surface area contributed by atoms with Crippen LogP contribution in [0.4, 0.5) is 21.5 Å². The Kier molecular flexibility index (Phi) is 7.93.